The van der Waals surface area contributed by atoms with Crippen molar-refractivity contribution in [3.63, 3.8) is 0 Å². The zero-order valence-corrected chi connectivity index (χ0v) is 11.4. The number of rotatable bonds is 4. The van der Waals surface area contributed by atoms with Crippen molar-refractivity contribution >= 4 is 41.5 Å². The summed E-state index contributed by atoms with van der Waals surface area (Å²) in [5, 5.41) is 5.51. The van der Waals surface area contributed by atoms with E-state index in [9.17, 15) is 9.59 Å². The number of nitrogens with two attached hydrogens (primary N) is 1. The number of hydrogen-bond donors (Lipinski definition) is 3. The molecule has 0 heterocycles. The van der Waals surface area contributed by atoms with Gasteiger partial charge in [0.25, 0.3) is 5.91 Å². The average Bonchev–Trinajstić information content (AvgIpc) is 2.23. The lowest BCUT2D eigenvalue weighted by Gasteiger charge is -2.07. The van der Waals surface area contributed by atoms with E-state index in [1.54, 1.807) is 12.1 Å². The molecule has 0 saturated carbocycles. The third kappa shape index (κ3) is 5.25. The van der Waals surface area contributed by atoms with Crippen LogP contribution < -0.4 is 16.4 Å². The molecule has 2 amide bonds. The van der Waals surface area contributed by atoms with E-state index in [1.807, 2.05) is 0 Å². The van der Waals surface area contributed by atoms with E-state index in [1.165, 1.54) is 13.0 Å². The van der Waals surface area contributed by atoms with Gasteiger partial charge >= 0.3 is 0 Å². The Hall–Kier alpha value is -1.46. The van der Waals surface area contributed by atoms with Crippen molar-refractivity contribution in [1.29, 1.82) is 0 Å². The minimum Gasteiger partial charge on any atom is -0.399 e. The standard InChI is InChI=1S/C11H14ClN3O2.ClH/c1-7(16)14-4-5-15-11(17)9-3-2-8(13)6-10(9)12;/h2-3,6H,4-5,13H2,1H3,(H,14,16)(H,15,17);1H. The van der Waals surface area contributed by atoms with E-state index >= 15 is 0 Å². The Bertz CT molecular complexity index is 438. The van der Waals surface area contributed by atoms with Crippen molar-refractivity contribution in [3.8, 4) is 0 Å². The Balaban J connectivity index is 0.00000289. The van der Waals surface area contributed by atoms with Crippen molar-refractivity contribution in [2.24, 2.45) is 0 Å². The van der Waals surface area contributed by atoms with E-state index < -0.39 is 0 Å². The van der Waals surface area contributed by atoms with E-state index in [4.69, 9.17) is 17.3 Å². The molecule has 0 saturated heterocycles. The first-order valence-corrected chi connectivity index (χ1v) is 5.46. The van der Waals surface area contributed by atoms with E-state index in [0.717, 1.165) is 0 Å². The van der Waals surface area contributed by atoms with Gasteiger partial charge < -0.3 is 16.4 Å². The molecular weight excluding hydrogens is 277 g/mol. The predicted molar refractivity (Wildman–Crippen MR) is 74.1 cm³/mol. The van der Waals surface area contributed by atoms with Crippen molar-refractivity contribution in [2.75, 3.05) is 18.8 Å². The molecule has 0 aliphatic heterocycles. The molecule has 0 bridgehead atoms. The quantitative estimate of drug-likeness (QED) is 0.576. The summed E-state index contributed by atoms with van der Waals surface area (Å²) in [6, 6.07) is 4.68. The largest absolute Gasteiger partial charge is 0.399 e. The number of nitrogen functional groups attached to an aromatic ring is 1. The molecule has 0 spiro atoms. The van der Waals surface area contributed by atoms with Crippen LogP contribution in [0, 0.1) is 0 Å². The molecule has 7 heteroatoms. The molecule has 18 heavy (non-hydrogen) atoms. The normalized spacial score (nSPS) is 9.22. The van der Waals surface area contributed by atoms with Gasteiger partial charge in [-0.05, 0) is 18.2 Å². The number of carbonyl (C=O) groups excluding carboxylic acids is 2. The number of halogens is 2. The van der Waals surface area contributed by atoms with E-state index in [0.29, 0.717) is 29.4 Å². The fourth-order valence-electron chi connectivity index (χ4n) is 1.23. The summed E-state index contributed by atoms with van der Waals surface area (Å²) >= 11 is 5.88. The van der Waals surface area contributed by atoms with Gasteiger partial charge in [-0.25, -0.2) is 0 Å². The van der Waals surface area contributed by atoms with Crippen LogP contribution in [0.4, 0.5) is 5.69 Å². The molecule has 1 aromatic carbocycles. The molecule has 0 aliphatic rings. The fourth-order valence-corrected chi connectivity index (χ4v) is 1.50. The Labute approximate surface area is 116 Å². The zero-order valence-electron chi connectivity index (χ0n) is 9.83. The van der Waals surface area contributed by atoms with Crippen LogP contribution in [-0.2, 0) is 4.79 Å². The summed E-state index contributed by atoms with van der Waals surface area (Å²) in [5.41, 5.74) is 6.39. The molecule has 0 unspecified atom stereocenters. The number of carbonyl (C=O) groups is 2. The Morgan fingerprint density at radius 3 is 2.44 bits per heavy atom. The number of hydrogen-bond acceptors (Lipinski definition) is 3. The van der Waals surface area contributed by atoms with E-state index in [2.05, 4.69) is 10.6 Å². The first-order chi connectivity index (χ1) is 8.00. The number of amides is 2. The highest BCUT2D eigenvalue weighted by Gasteiger charge is 2.09. The maximum atomic E-state index is 11.7. The molecule has 4 N–H and O–H groups in total. The number of anilines is 1. The second kappa shape index (κ2) is 7.79. The van der Waals surface area contributed by atoms with Crippen LogP contribution in [0.2, 0.25) is 5.02 Å². The molecule has 0 fully saturated rings. The van der Waals surface area contributed by atoms with Gasteiger partial charge in [0.05, 0.1) is 10.6 Å². The summed E-state index contributed by atoms with van der Waals surface area (Å²) in [6.07, 6.45) is 0. The lowest BCUT2D eigenvalue weighted by atomic mass is 10.2. The Kier molecular flexibility index (Phi) is 7.16. The summed E-state index contributed by atoms with van der Waals surface area (Å²) in [5.74, 6) is -0.426. The highest BCUT2D eigenvalue weighted by molar-refractivity contribution is 6.34. The zero-order chi connectivity index (χ0) is 12.8. The molecule has 100 valence electrons. The average molecular weight is 292 g/mol. The topological polar surface area (TPSA) is 84.2 Å². The number of nitrogens with one attached hydrogen (secondary N) is 2. The van der Waals surface area contributed by atoms with Crippen LogP contribution in [0.15, 0.2) is 18.2 Å². The van der Waals surface area contributed by atoms with Gasteiger partial charge in [-0.15, -0.1) is 12.4 Å². The van der Waals surface area contributed by atoms with E-state index in [-0.39, 0.29) is 24.2 Å². The van der Waals surface area contributed by atoms with Gasteiger partial charge in [0, 0.05) is 25.7 Å². The highest BCUT2D eigenvalue weighted by atomic mass is 35.5. The van der Waals surface area contributed by atoms with Crippen molar-refractivity contribution in [3.05, 3.63) is 28.8 Å². The second-order valence-electron chi connectivity index (χ2n) is 3.48. The van der Waals surface area contributed by atoms with Crippen molar-refractivity contribution in [1.82, 2.24) is 10.6 Å². The Morgan fingerprint density at radius 1 is 1.28 bits per heavy atom. The fraction of sp³-hybridized carbons (Fsp3) is 0.273. The maximum Gasteiger partial charge on any atom is 0.252 e. The molecule has 0 atom stereocenters. The Morgan fingerprint density at radius 2 is 1.89 bits per heavy atom. The summed E-state index contributed by atoms with van der Waals surface area (Å²) in [6.45, 7) is 2.14. The van der Waals surface area contributed by atoms with Crippen LogP contribution >= 0.6 is 24.0 Å². The van der Waals surface area contributed by atoms with Gasteiger partial charge in [0.2, 0.25) is 5.91 Å². The van der Waals surface area contributed by atoms with Crippen LogP contribution in [0.1, 0.15) is 17.3 Å². The second-order valence-corrected chi connectivity index (χ2v) is 3.89. The summed E-state index contributed by atoms with van der Waals surface area (Å²) in [4.78, 5) is 22.3. The highest BCUT2D eigenvalue weighted by Crippen LogP contribution is 2.18. The molecule has 5 nitrogen and oxygen atoms in total. The van der Waals surface area contributed by atoms with Gasteiger partial charge in [-0.3, -0.25) is 9.59 Å². The molecule has 1 rings (SSSR count). The van der Waals surface area contributed by atoms with Gasteiger partial charge in [-0.1, -0.05) is 11.6 Å². The first kappa shape index (κ1) is 16.5. The summed E-state index contributed by atoms with van der Waals surface area (Å²) in [7, 11) is 0. The van der Waals surface area contributed by atoms with Crippen LogP contribution in [0.25, 0.3) is 0 Å². The maximum absolute atomic E-state index is 11.7. The minimum atomic E-state index is -0.291. The third-order valence-electron chi connectivity index (χ3n) is 2.02. The van der Waals surface area contributed by atoms with Gasteiger partial charge in [0.15, 0.2) is 0 Å². The molecule has 0 radical (unpaired) electrons. The molecule has 0 aromatic heterocycles. The van der Waals surface area contributed by atoms with Crippen LogP contribution in [0.3, 0.4) is 0 Å². The summed E-state index contributed by atoms with van der Waals surface area (Å²) < 4.78 is 0. The van der Waals surface area contributed by atoms with Crippen molar-refractivity contribution in [2.45, 2.75) is 6.92 Å². The molecular formula is C11H15Cl2N3O2. The molecule has 1 aromatic rings. The molecule has 0 aliphatic carbocycles. The first-order valence-electron chi connectivity index (χ1n) is 5.08. The van der Waals surface area contributed by atoms with Crippen LogP contribution in [-0.4, -0.2) is 24.9 Å². The van der Waals surface area contributed by atoms with Gasteiger partial charge in [-0.2, -0.15) is 0 Å². The number of benzene rings is 1. The smallest absolute Gasteiger partial charge is 0.252 e. The van der Waals surface area contributed by atoms with Crippen molar-refractivity contribution < 1.29 is 9.59 Å². The predicted octanol–water partition coefficient (Wildman–Crippen LogP) is 1.21. The van der Waals surface area contributed by atoms with Crippen LogP contribution in [0.5, 0.6) is 0 Å². The SMILES string of the molecule is CC(=O)NCCNC(=O)c1ccc(N)cc1Cl.Cl. The van der Waals surface area contributed by atoms with Gasteiger partial charge in [0.1, 0.15) is 0 Å². The lowest BCUT2D eigenvalue weighted by Crippen LogP contribution is -2.33. The minimum absolute atomic E-state index is 0. The monoisotopic (exact) mass is 291 g/mol. The third-order valence-corrected chi connectivity index (χ3v) is 2.33. The lowest BCUT2D eigenvalue weighted by molar-refractivity contribution is -0.118.